The first-order valence-corrected chi connectivity index (χ1v) is 10.4. The third-order valence-electron chi connectivity index (χ3n) is 5.12. The highest BCUT2D eigenvalue weighted by molar-refractivity contribution is 6.09. The number of rotatable bonds is 9. The topological polar surface area (TPSA) is 87.5 Å². The molecule has 3 aromatic rings. The molecule has 0 bridgehead atoms. The van der Waals surface area contributed by atoms with Crippen molar-refractivity contribution >= 4 is 17.5 Å². The van der Waals surface area contributed by atoms with Gasteiger partial charge >= 0.3 is 0 Å². The van der Waals surface area contributed by atoms with E-state index in [-0.39, 0.29) is 23.3 Å². The van der Waals surface area contributed by atoms with Crippen molar-refractivity contribution < 1.29 is 14.0 Å². The minimum Gasteiger partial charge on any atom is -0.443 e. The molecule has 1 aromatic heterocycles. The average Bonchev–Trinajstić information content (AvgIpc) is 3.28. The van der Waals surface area contributed by atoms with Crippen molar-refractivity contribution in [3.63, 3.8) is 0 Å². The molecule has 2 aromatic carbocycles. The van der Waals surface area contributed by atoms with Crippen molar-refractivity contribution in [2.45, 2.75) is 20.8 Å². The summed E-state index contributed by atoms with van der Waals surface area (Å²) in [4.78, 5) is 32.0. The van der Waals surface area contributed by atoms with Gasteiger partial charge < -0.3 is 20.0 Å². The van der Waals surface area contributed by atoms with Crippen LogP contribution in [-0.4, -0.2) is 47.9 Å². The Morgan fingerprint density at radius 3 is 2.42 bits per heavy atom. The third kappa shape index (κ3) is 5.58. The van der Waals surface area contributed by atoms with Crippen molar-refractivity contribution in [1.29, 1.82) is 0 Å². The Labute approximate surface area is 182 Å². The molecule has 0 saturated carbocycles. The molecular formula is C24H28N4O3. The quantitative estimate of drug-likeness (QED) is 0.547. The summed E-state index contributed by atoms with van der Waals surface area (Å²) in [6.07, 6.45) is 1.23. The molecule has 0 aliphatic carbocycles. The minimum absolute atomic E-state index is 0.162. The Kier molecular flexibility index (Phi) is 7.56. The molecule has 2 amide bonds. The smallest absolute Gasteiger partial charge is 0.273 e. The van der Waals surface area contributed by atoms with Crippen LogP contribution in [0.2, 0.25) is 0 Å². The molecule has 31 heavy (non-hydrogen) atoms. The highest BCUT2D eigenvalue weighted by atomic mass is 16.3. The van der Waals surface area contributed by atoms with E-state index >= 15 is 0 Å². The van der Waals surface area contributed by atoms with Crippen LogP contribution in [0.4, 0.5) is 5.69 Å². The monoisotopic (exact) mass is 420 g/mol. The van der Waals surface area contributed by atoms with Crippen LogP contribution in [0, 0.1) is 6.92 Å². The number of oxazole rings is 1. The number of anilines is 1. The van der Waals surface area contributed by atoms with Crippen LogP contribution in [0.5, 0.6) is 0 Å². The van der Waals surface area contributed by atoms with Gasteiger partial charge in [0, 0.05) is 24.3 Å². The number of aryl methyl sites for hydroxylation is 1. The molecule has 1 heterocycles. The summed E-state index contributed by atoms with van der Waals surface area (Å²) in [5.41, 5.74) is 2.87. The number of aromatic nitrogens is 1. The van der Waals surface area contributed by atoms with E-state index in [1.54, 1.807) is 24.3 Å². The maximum absolute atomic E-state index is 12.9. The first-order valence-electron chi connectivity index (χ1n) is 10.4. The maximum atomic E-state index is 12.9. The van der Waals surface area contributed by atoms with E-state index in [1.165, 1.54) is 6.39 Å². The second-order valence-corrected chi connectivity index (χ2v) is 7.18. The van der Waals surface area contributed by atoms with Crippen LogP contribution in [-0.2, 0) is 0 Å². The van der Waals surface area contributed by atoms with Gasteiger partial charge in [-0.25, -0.2) is 4.98 Å². The first-order chi connectivity index (χ1) is 15.0. The summed E-state index contributed by atoms with van der Waals surface area (Å²) in [5, 5.41) is 5.77. The van der Waals surface area contributed by atoms with Gasteiger partial charge in [0.15, 0.2) is 17.8 Å². The molecule has 0 fully saturated rings. The van der Waals surface area contributed by atoms with Crippen LogP contribution in [0.25, 0.3) is 11.3 Å². The maximum Gasteiger partial charge on any atom is 0.273 e. The first kappa shape index (κ1) is 22.2. The molecule has 0 aliphatic heterocycles. The lowest BCUT2D eigenvalue weighted by molar-refractivity contribution is 0.0943. The molecule has 0 atom stereocenters. The fourth-order valence-electron chi connectivity index (χ4n) is 3.26. The van der Waals surface area contributed by atoms with Gasteiger partial charge in [-0.1, -0.05) is 49.7 Å². The zero-order valence-electron chi connectivity index (χ0n) is 18.1. The number of nitrogens with one attached hydrogen (secondary N) is 2. The SMILES string of the molecule is CCN(CC)CCNC(=O)c1ncoc1-c1ccccc1C(=O)Nc1ccc(C)cc1. The molecule has 2 N–H and O–H groups in total. The highest BCUT2D eigenvalue weighted by Crippen LogP contribution is 2.27. The number of carbonyl (C=O) groups excluding carboxylic acids is 2. The lowest BCUT2D eigenvalue weighted by atomic mass is 10.0. The molecule has 7 heteroatoms. The van der Waals surface area contributed by atoms with E-state index in [2.05, 4.69) is 34.4 Å². The summed E-state index contributed by atoms with van der Waals surface area (Å²) < 4.78 is 5.54. The average molecular weight is 421 g/mol. The molecule has 0 spiro atoms. The zero-order valence-corrected chi connectivity index (χ0v) is 18.1. The normalized spacial score (nSPS) is 10.8. The second-order valence-electron chi connectivity index (χ2n) is 7.18. The number of hydrogen-bond donors (Lipinski definition) is 2. The van der Waals surface area contributed by atoms with Crippen LogP contribution in [0.3, 0.4) is 0 Å². The van der Waals surface area contributed by atoms with Crippen molar-refractivity contribution in [3.05, 3.63) is 71.7 Å². The van der Waals surface area contributed by atoms with Gasteiger partial charge in [-0.3, -0.25) is 9.59 Å². The van der Waals surface area contributed by atoms with Crippen molar-refractivity contribution in [2.75, 3.05) is 31.5 Å². The third-order valence-corrected chi connectivity index (χ3v) is 5.12. The number of carbonyl (C=O) groups is 2. The van der Waals surface area contributed by atoms with Crippen LogP contribution >= 0.6 is 0 Å². The Bertz CT molecular complexity index is 1020. The summed E-state index contributed by atoms with van der Waals surface area (Å²) in [6, 6.07) is 14.6. The Morgan fingerprint density at radius 1 is 1.00 bits per heavy atom. The van der Waals surface area contributed by atoms with Gasteiger partial charge in [-0.2, -0.15) is 0 Å². The number of nitrogens with zero attached hydrogens (tertiary/aromatic N) is 2. The van der Waals surface area contributed by atoms with Gasteiger partial charge in [-0.05, 0) is 38.2 Å². The molecule has 0 saturated heterocycles. The predicted octanol–water partition coefficient (Wildman–Crippen LogP) is 3.97. The van der Waals surface area contributed by atoms with Crippen molar-refractivity contribution in [3.8, 4) is 11.3 Å². The van der Waals surface area contributed by atoms with Gasteiger partial charge in [-0.15, -0.1) is 0 Å². The summed E-state index contributed by atoms with van der Waals surface area (Å²) in [6.45, 7) is 9.25. The van der Waals surface area contributed by atoms with E-state index in [4.69, 9.17) is 4.42 Å². The van der Waals surface area contributed by atoms with E-state index in [0.717, 1.165) is 25.2 Å². The number of benzene rings is 2. The zero-order chi connectivity index (χ0) is 22.2. The fourth-order valence-corrected chi connectivity index (χ4v) is 3.26. The molecule has 0 unspecified atom stereocenters. The molecular weight excluding hydrogens is 392 g/mol. The minimum atomic E-state index is -0.329. The van der Waals surface area contributed by atoms with E-state index in [0.29, 0.717) is 23.4 Å². The number of likely N-dealkylation sites (N-methyl/N-ethyl adjacent to an activating group) is 1. The summed E-state index contributed by atoms with van der Waals surface area (Å²) in [7, 11) is 0. The standard InChI is InChI=1S/C24H28N4O3/c1-4-28(5-2)15-14-25-24(30)21-22(31-16-26-21)19-8-6-7-9-20(19)23(29)27-18-12-10-17(3)11-13-18/h6-13,16H,4-5,14-15H2,1-3H3,(H,25,30)(H,27,29). The molecule has 0 radical (unpaired) electrons. The molecule has 3 rings (SSSR count). The van der Waals surface area contributed by atoms with Gasteiger partial charge in [0.1, 0.15) is 0 Å². The van der Waals surface area contributed by atoms with E-state index in [9.17, 15) is 9.59 Å². The van der Waals surface area contributed by atoms with Crippen LogP contribution in [0.1, 0.15) is 40.3 Å². The largest absolute Gasteiger partial charge is 0.443 e. The number of amides is 2. The van der Waals surface area contributed by atoms with Gasteiger partial charge in [0.25, 0.3) is 11.8 Å². The van der Waals surface area contributed by atoms with Crippen molar-refractivity contribution in [2.24, 2.45) is 0 Å². The Balaban J connectivity index is 1.78. The van der Waals surface area contributed by atoms with Gasteiger partial charge in [0.05, 0.1) is 5.56 Å². The predicted molar refractivity (Wildman–Crippen MR) is 121 cm³/mol. The fraction of sp³-hybridized carbons (Fsp3) is 0.292. The lowest BCUT2D eigenvalue weighted by Gasteiger charge is -2.17. The number of hydrogen-bond acceptors (Lipinski definition) is 5. The summed E-state index contributed by atoms with van der Waals surface area (Å²) >= 11 is 0. The Hall–Kier alpha value is -3.45. The summed E-state index contributed by atoms with van der Waals surface area (Å²) in [5.74, 6) is -0.344. The highest BCUT2D eigenvalue weighted by Gasteiger charge is 2.22. The second kappa shape index (κ2) is 10.5. The van der Waals surface area contributed by atoms with Gasteiger partial charge in [0.2, 0.25) is 0 Å². The lowest BCUT2D eigenvalue weighted by Crippen LogP contribution is -2.35. The van der Waals surface area contributed by atoms with Crippen LogP contribution in [0.15, 0.2) is 59.3 Å². The molecule has 0 aliphatic rings. The van der Waals surface area contributed by atoms with Crippen LogP contribution < -0.4 is 10.6 Å². The van der Waals surface area contributed by atoms with Crippen molar-refractivity contribution in [1.82, 2.24) is 15.2 Å². The Morgan fingerprint density at radius 2 is 1.71 bits per heavy atom. The van der Waals surface area contributed by atoms with E-state index < -0.39 is 0 Å². The molecule has 162 valence electrons. The van der Waals surface area contributed by atoms with E-state index in [1.807, 2.05) is 31.2 Å². The molecule has 7 nitrogen and oxygen atoms in total.